The van der Waals surface area contributed by atoms with E-state index in [1.807, 2.05) is 32.9 Å². The number of anilines is 1. The predicted octanol–water partition coefficient (Wildman–Crippen LogP) is 2.79. The molecule has 1 aromatic heterocycles. The molecule has 2 heterocycles. The average Bonchev–Trinajstić information content (AvgIpc) is 2.37. The van der Waals surface area contributed by atoms with E-state index in [2.05, 4.69) is 9.88 Å². The average molecular weight is 298 g/mol. The van der Waals surface area contributed by atoms with E-state index in [0.717, 1.165) is 18.9 Å². The molecular formula is C14H20ClN3O2. The van der Waals surface area contributed by atoms with Crippen molar-refractivity contribution in [3.05, 3.63) is 23.4 Å². The molecule has 1 aliphatic heterocycles. The molecule has 0 unspecified atom stereocenters. The van der Waals surface area contributed by atoms with Crippen LogP contribution in [0.25, 0.3) is 0 Å². The highest BCUT2D eigenvalue weighted by Crippen LogP contribution is 2.17. The van der Waals surface area contributed by atoms with Gasteiger partial charge in [-0.2, -0.15) is 0 Å². The van der Waals surface area contributed by atoms with Crippen molar-refractivity contribution < 1.29 is 9.53 Å². The SMILES string of the molecule is CC(C)(C)OC(=O)N1CCN(c2cccc(Cl)n2)CC1. The highest BCUT2D eigenvalue weighted by Gasteiger charge is 2.26. The molecule has 0 N–H and O–H groups in total. The maximum atomic E-state index is 12.0. The van der Waals surface area contributed by atoms with Crippen LogP contribution in [-0.4, -0.2) is 47.8 Å². The smallest absolute Gasteiger partial charge is 0.410 e. The van der Waals surface area contributed by atoms with E-state index in [4.69, 9.17) is 16.3 Å². The van der Waals surface area contributed by atoms with Gasteiger partial charge in [-0.1, -0.05) is 17.7 Å². The summed E-state index contributed by atoms with van der Waals surface area (Å²) in [5.74, 6) is 0.848. The minimum absolute atomic E-state index is 0.254. The van der Waals surface area contributed by atoms with Crippen LogP contribution in [0.3, 0.4) is 0 Å². The molecule has 6 heteroatoms. The fraction of sp³-hybridized carbons (Fsp3) is 0.571. The molecule has 1 amide bonds. The van der Waals surface area contributed by atoms with Gasteiger partial charge in [-0.15, -0.1) is 0 Å². The number of rotatable bonds is 1. The number of aromatic nitrogens is 1. The first-order chi connectivity index (χ1) is 9.35. The Kier molecular flexibility index (Phi) is 4.38. The highest BCUT2D eigenvalue weighted by atomic mass is 35.5. The lowest BCUT2D eigenvalue weighted by Crippen LogP contribution is -2.50. The summed E-state index contributed by atoms with van der Waals surface area (Å²) in [6, 6.07) is 5.56. The lowest BCUT2D eigenvalue weighted by atomic mass is 10.2. The van der Waals surface area contributed by atoms with Crippen molar-refractivity contribution in [2.75, 3.05) is 31.1 Å². The molecule has 0 bridgehead atoms. The van der Waals surface area contributed by atoms with Gasteiger partial charge in [-0.3, -0.25) is 0 Å². The van der Waals surface area contributed by atoms with Gasteiger partial charge in [-0.05, 0) is 32.9 Å². The molecule has 1 aliphatic rings. The Morgan fingerprint density at radius 1 is 1.25 bits per heavy atom. The summed E-state index contributed by atoms with van der Waals surface area (Å²) >= 11 is 5.89. The Morgan fingerprint density at radius 3 is 2.45 bits per heavy atom. The molecule has 110 valence electrons. The number of amides is 1. The molecule has 0 saturated carbocycles. The zero-order chi connectivity index (χ0) is 14.8. The van der Waals surface area contributed by atoms with Gasteiger partial charge in [-0.25, -0.2) is 9.78 Å². The Labute approximate surface area is 124 Å². The first-order valence-electron chi connectivity index (χ1n) is 6.70. The van der Waals surface area contributed by atoms with Crippen molar-refractivity contribution in [1.29, 1.82) is 0 Å². The van der Waals surface area contributed by atoms with E-state index in [1.54, 1.807) is 11.0 Å². The van der Waals surface area contributed by atoms with Gasteiger partial charge in [0.15, 0.2) is 0 Å². The van der Waals surface area contributed by atoms with E-state index in [9.17, 15) is 4.79 Å². The summed E-state index contributed by atoms with van der Waals surface area (Å²) in [6.45, 7) is 8.33. The third kappa shape index (κ3) is 4.00. The number of carbonyl (C=O) groups excluding carboxylic acids is 1. The van der Waals surface area contributed by atoms with E-state index < -0.39 is 5.60 Å². The number of halogens is 1. The number of nitrogens with zero attached hydrogens (tertiary/aromatic N) is 3. The Morgan fingerprint density at radius 2 is 1.90 bits per heavy atom. The summed E-state index contributed by atoms with van der Waals surface area (Å²) in [4.78, 5) is 20.1. The van der Waals surface area contributed by atoms with Crippen molar-refractivity contribution >= 4 is 23.5 Å². The van der Waals surface area contributed by atoms with Crippen LogP contribution >= 0.6 is 11.6 Å². The van der Waals surface area contributed by atoms with Gasteiger partial charge >= 0.3 is 6.09 Å². The van der Waals surface area contributed by atoms with Crippen LogP contribution < -0.4 is 4.90 Å². The summed E-state index contributed by atoms with van der Waals surface area (Å²) in [5.41, 5.74) is -0.456. The molecular weight excluding hydrogens is 278 g/mol. The topological polar surface area (TPSA) is 45.7 Å². The second kappa shape index (κ2) is 5.87. The summed E-state index contributed by atoms with van der Waals surface area (Å²) in [6.07, 6.45) is -0.254. The molecule has 1 saturated heterocycles. The van der Waals surface area contributed by atoms with Crippen molar-refractivity contribution in [2.24, 2.45) is 0 Å². The Hall–Kier alpha value is -1.49. The zero-order valence-electron chi connectivity index (χ0n) is 12.1. The number of hydrogen-bond acceptors (Lipinski definition) is 4. The van der Waals surface area contributed by atoms with Crippen LogP contribution in [0.2, 0.25) is 5.15 Å². The summed E-state index contributed by atoms with van der Waals surface area (Å²) in [5, 5.41) is 0.483. The number of hydrogen-bond donors (Lipinski definition) is 0. The molecule has 2 rings (SSSR count). The minimum Gasteiger partial charge on any atom is -0.444 e. The normalized spacial score (nSPS) is 16.2. The molecule has 20 heavy (non-hydrogen) atoms. The zero-order valence-corrected chi connectivity index (χ0v) is 12.9. The summed E-state index contributed by atoms with van der Waals surface area (Å²) < 4.78 is 5.37. The van der Waals surface area contributed by atoms with E-state index in [-0.39, 0.29) is 6.09 Å². The number of piperazine rings is 1. The lowest BCUT2D eigenvalue weighted by Gasteiger charge is -2.36. The Balaban J connectivity index is 1.91. The molecule has 0 spiro atoms. The van der Waals surface area contributed by atoms with Crippen molar-refractivity contribution in [2.45, 2.75) is 26.4 Å². The van der Waals surface area contributed by atoms with Gasteiger partial charge in [0.05, 0.1) is 0 Å². The molecule has 0 aromatic carbocycles. The predicted molar refractivity (Wildman–Crippen MR) is 79.3 cm³/mol. The number of pyridine rings is 1. The third-order valence-electron chi connectivity index (χ3n) is 2.96. The molecule has 0 radical (unpaired) electrons. The van der Waals surface area contributed by atoms with Crippen LogP contribution in [0.15, 0.2) is 18.2 Å². The van der Waals surface area contributed by atoms with E-state index in [1.165, 1.54) is 0 Å². The minimum atomic E-state index is -0.456. The monoisotopic (exact) mass is 297 g/mol. The maximum absolute atomic E-state index is 12.0. The van der Waals surface area contributed by atoms with Crippen LogP contribution in [0, 0.1) is 0 Å². The first-order valence-corrected chi connectivity index (χ1v) is 7.08. The standard InChI is InChI=1S/C14H20ClN3O2/c1-14(2,3)20-13(19)18-9-7-17(8-10-18)12-6-4-5-11(15)16-12/h4-6H,7-10H2,1-3H3. The fourth-order valence-corrected chi connectivity index (χ4v) is 2.18. The van der Waals surface area contributed by atoms with Crippen molar-refractivity contribution in [3.63, 3.8) is 0 Å². The molecule has 1 aromatic rings. The van der Waals surface area contributed by atoms with Gasteiger partial charge in [0.25, 0.3) is 0 Å². The summed E-state index contributed by atoms with van der Waals surface area (Å²) in [7, 11) is 0. The van der Waals surface area contributed by atoms with Crippen LogP contribution in [-0.2, 0) is 4.74 Å². The first kappa shape index (κ1) is 14.9. The van der Waals surface area contributed by atoms with Crippen molar-refractivity contribution in [1.82, 2.24) is 9.88 Å². The number of ether oxygens (including phenoxy) is 1. The van der Waals surface area contributed by atoms with Crippen LogP contribution in [0.1, 0.15) is 20.8 Å². The maximum Gasteiger partial charge on any atom is 0.410 e. The molecule has 5 nitrogen and oxygen atoms in total. The van der Waals surface area contributed by atoms with E-state index >= 15 is 0 Å². The van der Waals surface area contributed by atoms with Crippen LogP contribution in [0.5, 0.6) is 0 Å². The Bertz CT molecular complexity index is 480. The van der Waals surface area contributed by atoms with Gasteiger partial charge in [0.1, 0.15) is 16.6 Å². The quantitative estimate of drug-likeness (QED) is 0.748. The van der Waals surface area contributed by atoms with Crippen LogP contribution in [0.4, 0.5) is 10.6 Å². The molecule has 1 fully saturated rings. The molecule has 0 atom stereocenters. The highest BCUT2D eigenvalue weighted by molar-refractivity contribution is 6.29. The largest absolute Gasteiger partial charge is 0.444 e. The number of carbonyl (C=O) groups is 1. The fourth-order valence-electron chi connectivity index (χ4n) is 2.02. The van der Waals surface area contributed by atoms with Gasteiger partial charge in [0.2, 0.25) is 0 Å². The van der Waals surface area contributed by atoms with Gasteiger partial charge in [0, 0.05) is 26.2 Å². The lowest BCUT2D eigenvalue weighted by molar-refractivity contribution is 0.0240. The van der Waals surface area contributed by atoms with Crippen molar-refractivity contribution in [3.8, 4) is 0 Å². The third-order valence-corrected chi connectivity index (χ3v) is 3.17. The second-order valence-corrected chi connectivity index (χ2v) is 6.16. The van der Waals surface area contributed by atoms with E-state index in [0.29, 0.717) is 18.2 Å². The second-order valence-electron chi connectivity index (χ2n) is 5.77. The molecule has 0 aliphatic carbocycles. The van der Waals surface area contributed by atoms with Gasteiger partial charge < -0.3 is 14.5 Å².